The average Bonchev–Trinajstić information content (AvgIpc) is 2.44. The van der Waals surface area contributed by atoms with E-state index in [0.717, 1.165) is 0 Å². The molecule has 0 fully saturated rings. The summed E-state index contributed by atoms with van der Waals surface area (Å²) in [7, 11) is -5.42. The number of nitrogens with zero attached hydrogens (tertiary/aromatic N) is 1. The number of halogens is 4. The number of carbonyl (C=O) groups excluding carboxylic acids is 2. The van der Waals surface area contributed by atoms with Gasteiger partial charge in [0.1, 0.15) is 13.2 Å². The topological polar surface area (TPSA) is 116 Å². The van der Waals surface area contributed by atoms with Crippen LogP contribution in [0.2, 0.25) is 0 Å². The second-order valence-corrected chi connectivity index (χ2v) is 8.17. The molecule has 0 bridgehead atoms. The molecule has 0 spiro atoms. The van der Waals surface area contributed by atoms with Crippen molar-refractivity contribution in [2.45, 2.75) is 45.3 Å². The van der Waals surface area contributed by atoms with Gasteiger partial charge in [-0.1, -0.05) is 13.8 Å². The van der Waals surface area contributed by atoms with Gasteiger partial charge in [-0.3, -0.25) is 24.4 Å². The zero-order valence-corrected chi connectivity index (χ0v) is 16.4. The first-order valence-corrected chi connectivity index (χ1v) is 9.69. The summed E-state index contributed by atoms with van der Waals surface area (Å²) in [4.78, 5) is 43.2. The normalized spacial score (nSPS) is 15.1. The Hall–Kier alpha value is -0.870. The van der Waals surface area contributed by atoms with Crippen molar-refractivity contribution in [3.05, 3.63) is 0 Å². The maximum absolute atomic E-state index is 13.1. The molecule has 0 radical (unpaired) electrons. The smallest absolute Gasteiger partial charge is 0.463 e. The number of carbonyl (C=O) groups is 2. The first kappa shape index (κ1) is 25.1. The van der Waals surface area contributed by atoms with Crippen LogP contribution in [-0.4, -0.2) is 63.2 Å². The van der Waals surface area contributed by atoms with E-state index in [1.54, 1.807) is 0 Å². The van der Waals surface area contributed by atoms with Gasteiger partial charge in [0.2, 0.25) is 5.40 Å². The highest BCUT2D eigenvalue weighted by Crippen LogP contribution is 2.55. The lowest BCUT2D eigenvalue weighted by molar-refractivity contribution is -0.194. The molecule has 0 saturated carbocycles. The lowest BCUT2D eigenvalue weighted by Gasteiger charge is -2.47. The van der Waals surface area contributed by atoms with Crippen molar-refractivity contribution in [3.63, 3.8) is 0 Å². The van der Waals surface area contributed by atoms with Crippen molar-refractivity contribution >= 4 is 31.1 Å². The fraction of sp³-hybridized carbons (Fsp3) is 0.846. The SMILES string of the molecule is CC(C)NC(C(C)C)(N(CC(=O)OCCCl)C(=O)C(F)(F)F)P(=O)(O)O. The molecular formula is C13H23ClF3N2O6P. The Labute approximate surface area is 154 Å². The van der Waals surface area contributed by atoms with E-state index in [-0.39, 0.29) is 17.4 Å². The van der Waals surface area contributed by atoms with Gasteiger partial charge in [-0.25, -0.2) is 0 Å². The van der Waals surface area contributed by atoms with Crippen LogP contribution in [0.5, 0.6) is 0 Å². The lowest BCUT2D eigenvalue weighted by atomic mass is 10.1. The maximum atomic E-state index is 13.1. The second-order valence-electron chi connectivity index (χ2n) is 6.02. The zero-order chi connectivity index (χ0) is 20.9. The van der Waals surface area contributed by atoms with Gasteiger partial charge in [0, 0.05) is 12.0 Å². The van der Waals surface area contributed by atoms with Crippen LogP contribution in [0.25, 0.3) is 0 Å². The molecule has 0 aromatic heterocycles. The van der Waals surface area contributed by atoms with Crippen molar-refractivity contribution < 1.29 is 41.8 Å². The van der Waals surface area contributed by atoms with Crippen LogP contribution in [-0.2, 0) is 18.9 Å². The number of hydrogen-bond donors (Lipinski definition) is 3. The molecule has 1 amide bonds. The van der Waals surface area contributed by atoms with Gasteiger partial charge in [-0.2, -0.15) is 13.2 Å². The van der Waals surface area contributed by atoms with Crippen LogP contribution < -0.4 is 5.32 Å². The van der Waals surface area contributed by atoms with Crippen molar-refractivity contribution in [2.75, 3.05) is 19.0 Å². The molecule has 0 heterocycles. The Morgan fingerprint density at radius 3 is 2.04 bits per heavy atom. The number of esters is 1. The Balaban J connectivity index is 6.37. The molecule has 8 nitrogen and oxygen atoms in total. The van der Waals surface area contributed by atoms with E-state index in [1.165, 1.54) is 27.7 Å². The summed E-state index contributed by atoms with van der Waals surface area (Å²) in [6.45, 7) is 3.63. The summed E-state index contributed by atoms with van der Waals surface area (Å²) in [5.74, 6) is -5.20. The Morgan fingerprint density at radius 1 is 1.23 bits per heavy atom. The highest BCUT2D eigenvalue weighted by atomic mass is 35.5. The number of alkyl halides is 4. The zero-order valence-electron chi connectivity index (χ0n) is 14.7. The van der Waals surface area contributed by atoms with E-state index in [1.807, 2.05) is 0 Å². The molecule has 26 heavy (non-hydrogen) atoms. The number of hydrogen-bond acceptors (Lipinski definition) is 5. The molecular weight excluding hydrogens is 404 g/mol. The third-order valence-electron chi connectivity index (χ3n) is 3.28. The Bertz CT molecular complexity index is 554. The standard InChI is InChI=1S/C13H23ClF3N2O6P/c1-8(2)13(18-9(3)4,26(22,23)24)19(11(21)12(15,16)17)7-10(20)25-6-5-14/h8-9,18H,5-7H2,1-4H3,(H2,22,23,24). The summed E-state index contributed by atoms with van der Waals surface area (Å²) >= 11 is 5.32. The lowest BCUT2D eigenvalue weighted by Crippen LogP contribution is -2.67. The summed E-state index contributed by atoms with van der Waals surface area (Å²) in [6.07, 6.45) is -5.47. The highest BCUT2D eigenvalue weighted by Gasteiger charge is 2.60. The summed E-state index contributed by atoms with van der Waals surface area (Å²) in [5.41, 5.74) is 0. The van der Waals surface area contributed by atoms with Crippen LogP contribution in [0.3, 0.4) is 0 Å². The molecule has 0 aromatic carbocycles. The predicted molar refractivity (Wildman–Crippen MR) is 87.3 cm³/mol. The van der Waals surface area contributed by atoms with Gasteiger partial charge < -0.3 is 14.5 Å². The Kier molecular flexibility index (Phi) is 9.05. The number of ether oxygens (including phenoxy) is 1. The largest absolute Gasteiger partial charge is 0.471 e. The Morgan fingerprint density at radius 2 is 1.73 bits per heavy atom. The first-order valence-electron chi connectivity index (χ1n) is 7.55. The van der Waals surface area contributed by atoms with Crippen LogP contribution in [0.1, 0.15) is 27.7 Å². The van der Waals surface area contributed by atoms with Crippen LogP contribution in [0, 0.1) is 5.92 Å². The number of rotatable bonds is 9. The molecule has 154 valence electrons. The minimum absolute atomic E-state index is 0.142. The molecule has 0 aromatic rings. The first-order chi connectivity index (χ1) is 11.6. The third-order valence-corrected chi connectivity index (χ3v) is 5.21. The van der Waals surface area contributed by atoms with Gasteiger partial charge in [0.15, 0.2) is 0 Å². The molecule has 3 N–H and O–H groups in total. The monoisotopic (exact) mass is 426 g/mol. The van der Waals surface area contributed by atoms with Gasteiger partial charge in [0.25, 0.3) is 0 Å². The molecule has 13 heteroatoms. The van der Waals surface area contributed by atoms with Crippen molar-refractivity contribution in [3.8, 4) is 0 Å². The van der Waals surface area contributed by atoms with Crippen LogP contribution >= 0.6 is 19.2 Å². The van der Waals surface area contributed by atoms with E-state index in [0.29, 0.717) is 0 Å². The predicted octanol–water partition coefficient (Wildman–Crippen LogP) is 1.64. The molecule has 0 aliphatic carbocycles. The van der Waals surface area contributed by atoms with Crippen LogP contribution in [0.4, 0.5) is 13.2 Å². The summed E-state index contributed by atoms with van der Waals surface area (Å²) in [6, 6.07) is -0.729. The molecule has 0 saturated heterocycles. The fourth-order valence-electron chi connectivity index (χ4n) is 2.39. The summed E-state index contributed by atoms with van der Waals surface area (Å²) in [5, 5.41) is -0.415. The third kappa shape index (κ3) is 6.09. The average molecular weight is 427 g/mol. The van der Waals surface area contributed by atoms with Gasteiger partial charge in [0.05, 0.1) is 5.88 Å². The van der Waals surface area contributed by atoms with Crippen molar-refractivity contribution in [2.24, 2.45) is 5.92 Å². The molecule has 0 aliphatic rings. The molecule has 0 aliphatic heterocycles. The quantitative estimate of drug-likeness (QED) is 0.222. The maximum Gasteiger partial charge on any atom is 0.471 e. The van der Waals surface area contributed by atoms with Crippen LogP contribution in [0.15, 0.2) is 0 Å². The van der Waals surface area contributed by atoms with E-state index < -0.39 is 49.6 Å². The second kappa shape index (κ2) is 9.36. The highest BCUT2D eigenvalue weighted by molar-refractivity contribution is 7.53. The minimum Gasteiger partial charge on any atom is -0.463 e. The van der Waals surface area contributed by atoms with E-state index in [9.17, 15) is 37.1 Å². The summed E-state index contributed by atoms with van der Waals surface area (Å²) < 4.78 is 56.0. The van der Waals surface area contributed by atoms with Gasteiger partial charge in [-0.05, 0) is 13.8 Å². The van der Waals surface area contributed by atoms with E-state index in [4.69, 9.17) is 11.6 Å². The minimum atomic E-state index is -5.47. The molecule has 1 unspecified atom stereocenters. The van der Waals surface area contributed by atoms with Crippen molar-refractivity contribution in [1.29, 1.82) is 0 Å². The van der Waals surface area contributed by atoms with Crippen molar-refractivity contribution in [1.82, 2.24) is 10.2 Å². The van der Waals surface area contributed by atoms with Gasteiger partial charge in [-0.15, -0.1) is 11.6 Å². The van der Waals surface area contributed by atoms with E-state index >= 15 is 0 Å². The van der Waals surface area contributed by atoms with E-state index in [2.05, 4.69) is 10.1 Å². The fourth-order valence-corrected chi connectivity index (χ4v) is 4.04. The molecule has 0 rings (SSSR count). The number of nitrogens with one attached hydrogen (secondary N) is 1. The molecule has 1 atom stereocenters. The van der Waals surface area contributed by atoms with Gasteiger partial charge >= 0.3 is 25.6 Å². The number of amides is 1.